The second kappa shape index (κ2) is 7.54. The van der Waals surface area contributed by atoms with Crippen LogP contribution in [0.15, 0.2) is 18.2 Å². The quantitative estimate of drug-likeness (QED) is 0.632. The minimum atomic E-state index is -0.766. The average Bonchev–Trinajstić information content (AvgIpc) is 2.73. The summed E-state index contributed by atoms with van der Waals surface area (Å²) in [6, 6.07) is 3.67. The molecule has 1 amide bonds. The molecule has 0 spiro atoms. The molecule has 1 aromatic rings. The second-order valence-electron chi connectivity index (χ2n) is 11.2. The van der Waals surface area contributed by atoms with Crippen LogP contribution >= 0.6 is 0 Å². The highest BCUT2D eigenvalue weighted by atomic mass is 19.1. The topological polar surface area (TPSA) is 40.5 Å². The first kappa shape index (κ1) is 21.4. The van der Waals surface area contributed by atoms with E-state index in [9.17, 15) is 18.7 Å². The summed E-state index contributed by atoms with van der Waals surface area (Å²) in [5.41, 5.74) is -0.473. The monoisotopic (exact) mass is 431 g/mol. The second-order valence-corrected chi connectivity index (χ2v) is 11.2. The van der Waals surface area contributed by atoms with Crippen LogP contribution in [0.3, 0.4) is 0 Å². The SMILES string of the molecule is C[C@]12CC[C@H](O)CC1CC[C@@H]1[C@@H]2CC[C@@]2(C)[C@H]1CCCN2C(=O)c1c(F)cccc1F. The number of hydrogen-bond donors (Lipinski definition) is 1. The predicted molar refractivity (Wildman–Crippen MR) is 115 cm³/mol. The summed E-state index contributed by atoms with van der Waals surface area (Å²) in [6.45, 7) is 5.19. The molecule has 4 aliphatic rings. The number of rotatable bonds is 1. The smallest absolute Gasteiger partial charge is 0.260 e. The van der Waals surface area contributed by atoms with Crippen LogP contribution in [-0.2, 0) is 0 Å². The molecule has 1 saturated heterocycles. The Morgan fingerprint density at radius 1 is 1.03 bits per heavy atom. The number of nitrogens with zero attached hydrogens (tertiary/aromatic N) is 1. The van der Waals surface area contributed by atoms with Gasteiger partial charge in [0, 0.05) is 12.1 Å². The molecule has 1 aliphatic heterocycles. The number of carbonyl (C=O) groups excluding carboxylic acids is 1. The summed E-state index contributed by atoms with van der Waals surface area (Å²) >= 11 is 0. The van der Waals surface area contributed by atoms with Gasteiger partial charge in [-0.3, -0.25) is 4.79 Å². The minimum Gasteiger partial charge on any atom is -0.393 e. The summed E-state index contributed by atoms with van der Waals surface area (Å²) < 4.78 is 28.9. The van der Waals surface area contributed by atoms with Gasteiger partial charge >= 0.3 is 0 Å². The van der Waals surface area contributed by atoms with E-state index in [0.717, 1.165) is 57.8 Å². The molecule has 3 aliphatic carbocycles. The van der Waals surface area contributed by atoms with Crippen molar-refractivity contribution in [3.63, 3.8) is 0 Å². The lowest BCUT2D eigenvalue weighted by atomic mass is 9.45. The number of likely N-dealkylation sites (tertiary alicyclic amines) is 1. The highest BCUT2D eigenvalue weighted by molar-refractivity contribution is 5.95. The number of amides is 1. The minimum absolute atomic E-state index is 0.151. The lowest BCUT2D eigenvalue weighted by Crippen LogP contribution is -2.64. The Hall–Kier alpha value is -1.49. The highest BCUT2D eigenvalue weighted by Gasteiger charge is 2.59. The van der Waals surface area contributed by atoms with Gasteiger partial charge in [-0.25, -0.2) is 8.78 Å². The molecule has 5 heteroatoms. The summed E-state index contributed by atoms with van der Waals surface area (Å²) in [6.07, 6.45) is 9.00. The molecule has 0 radical (unpaired) electrons. The lowest BCUT2D eigenvalue weighted by Gasteiger charge is -2.64. The van der Waals surface area contributed by atoms with Crippen LogP contribution in [0.25, 0.3) is 0 Å². The van der Waals surface area contributed by atoms with E-state index >= 15 is 0 Å². The van der Waals surface area contributed by atoms with Crippen LogP contribution < -0.4 is 0 Å². The molecular weight excluding hydrogens is 396 g/mol. The summed E-state index contributed by atoms with van der Waals surface area (Å²) in [5, 5.41) is 10.2. The van der Waals surface area contributed by atoms with E-state index in [1.54, 1.807) is 0 Å². The number of fused-ring (bicyclic) bond motifs is 5. The van der Waals surface area contributed by atoms with Crippen LogP contribution in [0, 0.1) is 40.7 Å². The molecule has 3 saturated carbocycles. The van der Waals surface area contributed by atoms with Gasteiger partial charge in [0.05, 0.1) is 6.10 Å². The molecule has 1 unspecified atom stereocenters. The number of benzene rings is 1. The van der Waals surface area contributed by atoms with Gasteiger partial charge < -0.3 is 10.0 Å². The molecule has 5 rings (SSSR count). The zero-order valence-corrected chi connectivity index (χ0v) is 18.7. The van der Waals surface area contributed by atoms with Crippen LogP contribution in [0.1, 0.15) is 82.0 Å². The van der Waals surface area contributed by atoms with E-state index in [0.29, 0.717) is 30.2 Å². The van der Waals surface area contributed by atoms with Gasteiger partial charge in [-0.15, -0.1) is 0 Å². The van der Waals surface area contributed by atoms with Gasteiger partial charge in [0.1, 0.15) is 17.2 Å². The normalized spacial score (nSPS) is 42.4. The maximum atomic E-state index is 14.4. The third kappa shape index (κ3) is 3.17. The Kier molecular flexibility index (Phi) is 5.19. The van der Waals surface area contributed by atoms with Crippen molar-refractivity contribution in [3.05, 3.63) is 35.4 Å². The molecule has 31 heavy (non-hydrogen) atoms. The Balaban J connectivity index is 1.45. The van der Waals surface area contributed by atoms with Crippen molar-refractivity contribution >= 4 is 5.91 Å². The summed E-state index contributed by atoms with van der Waals surface area (Å²) in [5.74, 6) is 0.130. The van der Waals surface area contributed by atoms with Gasteiger partial charge in [-0.1, -0.05) is 13.0 Å². The molecule has 7 atom stereocenters. The van der Waals surface area contributed by atoms with Crippen molar-refractivity contribution in [1.29, 1.82) is 0 Å². The van der Waals surface area contributed by atoms with Gasteiger partial charge in [-0.05, 0) is 106 Å². The standard InChI is InChI=1S/C26H35F2NO2/c1-25-12-10-17(30)15-16(25)8-9-18-19(25)11-13-26(2)20(18)5-4-14-29(26)24(31)23-21(27)6-3-7-22(23)28/h3,6-7,16-20,30H,4-5,8-15H2,1-2H3/t16?,17-,18+,19-,20-,25-,26-/m0/s1. The van der Waals surface area contributed by atoms with Crippen LogP contribution in [0.4, 0.5) is 8.78 Å². The number of hydrogen-bond acceptors (Lipinski definition) is 2. The van der Waals surface area contributed by atoms with Crippen molar-refractivity contribution in [1.82, 2.24) is 4.90 Å². The zero-order valence-electron chi connectivity index (χ0n) is 18.7. The van der Waals surface area contributed by atoms with Crippen LogP contribution in [0.2, 0.25) is 0 Å². The highest BCUT2D eigenvalue weighted by Crippen LogP contribution is 2.63. The first-order valence-electron chi connectivity index (χ1n) is 12.2. The van der Waals surface area contributed by atoms with E-state index in [4.69, 9.17) is 0 Å². The van der Waals surface area contributed by atoms with E-state index in [1.807, 2.05) is 4.90 Å². The predicted octanol–water partition coefficient (Wildman–Crippen LogP) is 5.56. The van der Waals surface area contributed by atoms with Crippen molar-refractivity contribution in [2.45, 2.75) is 83.3 Å². The van der Waals surface area contributed by atoms with Crippen molar-refractivity contribution in [2.75, 3.05) is 6.54 Å². The zero-order chi connectivity index (χ0) is 22.0. The molecule has 1 heterocycles. The first-order chi connectivity index (χ1) is 14.8. The number of piperidine rings is 1. The number of aliphatic hydroxyl groups is 1. The molecule has 0 aromatic heterocycles. The summed E-state index contributed by atoms with van der Waals surface area (Å²) in [4.78, 5) is 15.2. The fourth-order valence-electron chi connectivity index (χ4n) is 8.29. The molecule has 1 aromatic carbocycles. The fraction of sp³-hybridized carbons (Fsp3) is 0.731. The molecule has 4 fully saturated rings. The largest absolute Gasteiger partial charge is 0.393 e. The number of aliphatic hydroxyl groups excluding tert-OH is 1. The fourth-order valence-corrected chi connectivity index (χ4v) is 8.29. The third-order valence-electron chi connectivity index (χ3n) is 9.93. The average molecular weight is 432 g/mol. The number of carbonyl (C=O) groups is 1. The molecule has 1 N–H and O–H groups in total. The van der Waals surface area contributed by atoms with Crippen molar-refractivity contribution in [2.24, 2.45) is 29.1 Å². The maximum Gasteiger partial charge on any atom is 0.260 e. The third-order valence-corrected chi connectivity index (χ3v) is 9.93. The van der Waals surface area contributed by atoms with Gasteiger partial charge in [0.2, 0.25) is 0 Å². The van der Waals surface area contributed by atoms with E-state index in [2.05, 4.69) is 13.8 Å². The van der Waals surface area contributed by atoms with Gasteiger partial charge in [-0.2, -0.15) is 0 Å². The van der Waals surface area contributed by atoms with E-state index in [-0.39, 0.29) is 17.1 Å². The lowest BCUT2D eigenvalue weighted by molar-refractivity contribution is -0.141. The number of halogens is 2. The summed E-state index contributed by atoms with van der Waals surface area (Å²) in [7, 11) is 0. The van der Waals surface area contributed by atoms with Crippen LogP contribution in [0.5, 0.6) is 0 Å². The molecular formula is C26H35F2NO2. The maximum absolute atomic E-state index is 14.4. The van der Waals surface area contributed by atoms with E-state index < -0.39 is 23.1 Å². The Bertz CT molecular complexity index is 855. The Morgan fingerprint density at radius 2 is 1.77 bits per heavy atom. The van der Waals surface area contributed by atoms with Crippen molar-refractivity contribution in [3.8, 4) is 0 Å². The molecule has 170 valence electrons. The Morgan fingerprint density at radius 3 is 2.52 bits per heavy atom. The van der Waals surface area contributed by atoms with Gasteiger partial charge in [0.25, 0.3) is 5.91 Å². The van der Waals surface area contributed by atoms with Crippen molar-refractivity contribution < 1.29 is 18.7 Å². The molecule has 0 bridgehead atoms. The molecule has 3 nitrogen and oxygen atoms in total. The van der Waals surface area contributed by atoms with Gasteiger partial charge in [0.15, 0.2) is 0 Å². The first-order valence-corrected chi connectivity index (χ1v) is 12.2. The Labute approximate surface area is 184 Å². The van der Waals surface area contributed by atoms with E-state index in [1.165, 1.54) is 18.2 Å². The van der Waals surface area contributed by atoms with Crippen LogP contribution in [-0.4, -0.2) is 34.1 Å².